The number of hydrogen-bond donors (Lipinski definition) is 1. The number of hydrogen-bond acceptors (Lipinski definition) is 3. The molecule has 0 saturated heterocycles. The molecule has 2 aromatic rings. The van der Waals surface area contributed by atoms with Crippen LogP contribution in [0.2, 0.25) is 0 Å². The van der Waals surface area contributed by atoms with Crippen molar-refractivity contribution in [3.05, 3.63) is 57.7 Å². The Kier molecular flexibility index (Phi) is 5.54. The minimum atomic E-state index is -0.667. The van der Waals surface area contributed by atoms with Crippen LogP contribution in [0.25, 0.3) is 0 Å². The van der Waals surface area contributed by atoms with Gasteiger partial charge >= 0.3 is 0 Å². The summed E-state index contributed by atoms with van der Waals surface area (Å²) in [6.07, 6.45) is -0.667. The zero-order valence-corrected chi connectivity index (χ0v) is 14.5. The second-order valence-corrected chi connectivity index (χ2v) is 6.05. The maximum Gasteiger partial charge on any atom is 0.265 e. The molecule has 5 heteroatoms. The summed E-state index contributed by atoms with van der Waals surface area (Å²) in [5.41, 5.74) is 0.982. The van der Waals surface area contributed by atoms with Crippen LogP contribution in [-0.4, -0.2) is 17.8 Å². The Morgan fingerprint density at radius 1 is 1.09 bits per heavy atom. The first-order valence-electron chi connectivity index (χ1n) is 6.80. The number of rotatable bonds is 5. The smallest absolute Gasteiger partial charge is 0.265 e. The summed E-state index contributed by atoms with van der Waals surface area (Å²) in [6.45, 7) is 3.14. The third-order valence-corrected chi connectivity index (χ3v) is 3.78. The lowest BCUT2D eigenvalue weighted by molar-refractivity contribution is -0.122. The minimum absolute atomic E-state index is 0.0953. The number of carbonyl (C=O) groups excluding carboxylic acids is 2. The van der Waals surface area contributed by atoms with E-state index in [2.05, 4.69) is 27.9 Å². The van der Waals surface area contributed by atoms with E-state index in [-0.39, 0.29) is 11.7 Å². The van der Waals surface area contributed by atoms with Crippen LogP contribution in [0, 0.1) is 3.57 Å². The van der Waals surface area contributed by atoms with Gasteiger partial charge < -0.3 is 10.1 Å². The van der Waals surface area contributed by atoms with Gasteiger partial charge in [0, 0.05) is 9.13 Å². The molecule has 0 heterocycles. The summed E-state index contributed by atoms with van der Waals surface area (Å²) in [4.78, 5) is 23.8. The third kappa shape index (κ3) is 4.30. The van der Waals surface area contributed by atoms with Gasteiger partial charge in [0.05, 0.1) is 5.69 Å². The van der Waals surface area contributed by atoms with E-state index in [1.54, 1.807) is 31.2 Å². The molecule has 2 rings (SSSR count). The second-order valence-electron chi connectivity index (χ2n) is 4.81. The average Bonchev–Trinajstić information content (AvgIpc) is 2.49. The fourth-order valence-electron chi connectivity index (χ4n) is 1.90. The van der Waals surface area contributed by atoms with E-state index in [4.69, 9.17) is 4.74 Å². The molecule has 0 bridgehead atoms. The summed E-state index contributed by atoms with van der Waals surface area (Å²) in [5.74, 6) is 0.234. The predicted octanol–water partition coefficient (Wildman–Crippen LogP) is 3.90. The van der Waals surface area contributed by atoms with Crippen LogP contribution in [0.3, 0.4) is 0 Å². The van der Waals surface area contributed by atoms with Gasteiger partial charge in [0.15, 0.2) is 11.9 Å². The van der Waals surface area contributed by atoms with Crippen LogP contribution in [0.4, 0.5) is 5.69 Å². The Morgan fingerprint density at radius 2 is 1.73 bits per heavy atom. The summed E-state index contributed by atoms with van der Waals surface area (Å²) in [5, 5.41) is 2.74. The number of anilines is 1. The normalized spacial score (nSPS) is 11.6. The lowest BCUT2D eigenvalue weighted by Crippen LogP contribution is -2.30. The molecule has 1 atom stereocenters. The molecular formula is C17H16INO3. The van der Waals surface area contributed by atoms with Crippen molar-refractivity contribution in [1.29, 1.82) is 0 Å². The number of Topliss-reactive ketones (excluding diaryl/α,β-unsaturated/α-hetero) is 1. The van der Waals surface area contributed by atoms with Crippen molar-refractivity contribution < 1.29 is 14.3 Å². The van der Waals surface area contributed by atoms with Crippen molar-refractivity contribution in [3.63, 3.8) is 0 Å². The highest BCUT2D eigenvalue weighted by Gasteiger charge is 2.17. The lowest BCUT2D eigenvalue weighted by atomic mass is 10.1. The quantitative estimate of drug-likeness (QED) is 0.602. The Labute approximate surface area is 143 Å². The zero-order valence-electron chi connectivity index (χ0n) is 12.3. The van der Waals surface area contributed by atoms with Gasteiger partial charge in [-0.3, -0.25) is 9.59 Å². The van der Waals surface area contributed by atoms with Gasteiger partial charge in [-0.15, -0.1) is 0 Å². The largest absolute Gasteiger partial charge is 0.481 e. The second kappa shape index (κ2) is 7.40. The highest BCUT2D eigenvalue weighted by atomic mass is 127. The molecule has 0 radical (unpaired) electrons. The topological polar surface area (TPSA) is 55.4 Å². The van der Waals surface area contributed by atoms with Crippen LogP contribution in [0.5, 0.6) is 5.75 Å². The fraction of sp³-hybridized carbons (Fsp3) is 0.176. The van der Waals surface area contributed by atoms with Crippen molar-refractivity contribution >= 4 is 40.0 Å². The molecule has 0 aliphatic heterocycles. The first kappa shape index (κ1) is 16.5. The van der Waals surface area contributed by atoms with Gasteiger partial charge in [-0.2, -0.15) is 0 Å². The van der Waals surface area contributed by atoms with E-state index in [0.29, 0.717) is 17.0 Å². The molecule has 0 unspecified atom stereocenters. The molecular weight excluding hydrogens is 393 g/mol. The van der Waals surface area contributed by atoms with Gasteiger partial charge in [-0.25, -0.2) is 0 Å². The zero-order chi connectivity index (χ0) is 16.1. The van der Waals surface area contributed by atoms with Gasteiger partial charge in [-0.05, 0) is 72.8 Å². The fourth-order valence-corrected chi connectivity index (χ4v) is 2.26. The standard InChI is InChI=1S/C17H16INO3/c1-11(20)15-5-3-4-6-16(15)19-17(21)12(2)22-14-9-7-13(18)8-10-14/h3-10,12H,1-2H3,(H,19,21)/t12-/m0/s1. The molecule has 1 amide bonds. The monoisotopic (exact) mass is 409 g/mol. The molecule has 0 aromatic heterocycles. The summed E-state index contributed by atoms with van der Waals surface area (Å²) < 4.78 is 6.70. The van der Waals surface area contributed by atoms with Crippen molar-refractivity contribution in [3.8, 4) is 5.75 Å². The number of halogens is 1. The van der Waals surface area contributed by atoms with E-state index in [9.17, 15) is 9.59 Å². The third-order valence-electron chi connectivity index (χ3n) is 3.06. The molecule has 22 heavy (non-hydrogen) atoms. The highest BCUT2D eigenvalue weighted by Crippen LogP contribution is 2.18. The summed E-state index contributed by atoms with van der Waals surface area (Å²) in [7, 11) is 0. The number of carbonyl (C=O) groups is 2. The molecule has 0 saturated carbocycles. The van der Waals surface area contributed by atoms with Crippen LogP contribution in [0.15, 0.2) is 48.5 Å². The maximum absolute atomic E-state index is 12.2. The van der Waals surface area contributed by atoms with E-state index in [1.165, 1.54) is 6.92 Å². The molecule has 0 fully saturated rings. The number of amides is 1. The Balaban J connectivity index is 2.05. The molecule has 2 aromatic carbocycles. The van der Waals surface area contributed by atoms with Crippen LogP contribution in [-0.2, 0) is 4.79 Å². The van der Waals surface area contributed by atoms with Gasteiger partial charge in [0.1, 0.15) is 5.75 Å². The highest BCUT2D eigenvalue weighted by molar-refractivity contribution is 14.1. The lowest BCUT2D eigenvalue weighted by Gasteiger charge is -2.16. The van der Waals surface area contributed by atoms with Crippen LogP contribution < -0.4 is 10.1 Å². The Hall–Kier alpha value is -1.89. The van der Waals surface area contributed by atoms with Crippen molar-refractivity contribution in [2.45, 2.75) is 20.0 Å². The molecule has 4 nitrogen and oxygen atoms in total. The first-order valence-corrected chi connectivity index (χ1v) is 7.88. The van der Waals surface area contributed by atoms with Crippen molar-refractivity contribution in [2.24, 2.45) is 0 Å². The molecule has 0 aliphatic rings. The van der Waals surface area contributed by atoms with E-state index < -0.39 is 6.10 Å². The van der Waals surface area contributed by atoms with E-state index in [0.717, 1.165) is 3.57 Å². The van der Waals surface area contributed by atoms with Crippen LogP contribution >= 0.6 is 22.6 Å². The molecule has 0 aliphatic carbocycles. The van der Waals surface area contributed by atoms with E-state index in [1.807, 2.05) is 24.3 Å². The number of nitrogens with one attached hydrogen (secondary N) is 1. The van der Waals surface area contributed by atoms with Gasteiger partial charge in [0.25, 0.3) is 5.91 Å². The minimum Gasteiger partial charge on any atom is -0.481 e. The summed E-state index contributed by atoms with van der Waals surface area (Å²) >= 11 is 2.20. The SMILES string of the molecule is CC(=O)c1ccccc1NC(=O)[C@H](C)Oc1ccc(I)cc1. The first-order chi connectivity index (χ1) is 10.5. The van der Waals surface area contributed by atoms with Gasteiger partial charge in [-0.1, -0.05) is 12.1 Å². The summed E-state index contributed by atoms with van der Waals surface area (Å²) in [6, 6.07) is 14.4. The Morgan fingerprint density at radius 3 is 2.36 bits per heavy atom. The van der Waals surface area contributed by atoms with Gasteiger partial charge in [0.2, 0.25) is 0 Å². The molecule has 114 valence electrons. The predicted molar refractivity (Wildman–Crippen MR) is 94.3 cm³/mol. The number of benzene rings is 2. The molecule has 1 N–H and O–H groups in total. The number of ether oxygens (including phenoxy) is 1. The average molecular weight is 409 g/mol. The maximum atomic E-state index is 12.2. The van der Waals surface area contributed by atoms with Crippen molar-refractivity contribution in [2.75, 3.05) is 5.32 Å². The molecule has 0 spiro atoms. The Bertz CT molecular complexity index is 683. The number of para-hydroxylation sites is 1. The van der Waals surface area contributed by atoms with Crippen LogP contribution in [0.1, 0.15) is 24.2 Å². The number of ketones is 1. The van der Waals surface area contributed by atoms with Crippen molar-refractivity contribution in [1.82, 2.24) is 0 Å². The van der Waals surface area contributed by atoms with E-state index >= 15 is 0 Å².